The number of hydrazone groups is 1. The minimum atomic E-state index is -1.75. The molecule has 0 saturated heterocycles. The van der Waals surface area contributed by atoms with Crippen molar-refractivity contribution in [1.29, 1.82) is 0 Å². The zero-order valence-corrected chi connectivity index (χ0v) is 17.9. The highest BCUT2D eigenvalue weighted by Gasteiger charge is 2.36. The van der Waals surface area contributed by atoms with E-state index in [1.54, 1.807) is 24.5 Å². The van der Waals surface area contributed by atoms with E-state index in [9.17, 15) is 4.39 Å². The highest BCUT2D eigenvalue weighted by molar-refractivity contribution is 6.74. The van der Waals surface area contributed by atoms with Crippen LogP contribution in [-0.4, -0.2) is 32.2 Å². The molecule has 0 aliphatic heterocycles. The van der Waals surface area contributed by atoms with Gasteiger partial charge in [0.2, 0.25) is 0 Å². The Morgan fingerprint density at radius 3 is 2.33 bits per heavy atom. The lowest BCUT2D eigenvalue weighted by Gasteiger charge is -2.36. The van der Waals surface area contributed by atoms with Gasteiger partial charge >= 0.3 is 0 Å². The molecule has 2 aromatic rings. The van der Waals surface area contributed by atoms with Crippen molar-refractivity contribution in [2.45, 2.75) is 45.3 Å². The fourth-order valence-corrected chi connectivity index (χ4v) is 3.31. The molecule has 0 unspecified atom stereocenters. The third kappa shape index (κ3) is 6.56. The second kappa shape index (κ2) is 9.24. The highest BCUT2D eigenvalue weighted by atomic mass is 28.4. The Kier molecular flexibility index (Phi) is 7.27. The molecule has 6 heteroatoms. The van der Waals surface area contributed by atoms with E-state index in [1.807, 2.05) is 12.1 Å². The molecule has 0 fully saturated rings. The van der Waals surface area contributed by atoms with E-state index in [-0.39, 0.29) is 10.9 Å². The Morgan fingerprint density at radius 2 is 1.74 bits per heavy atom. The van der Waals surface area contributed by atoms with Crippen LogP contribution in [0, 0.1) is 5.82 Å². The number of pyridine rings is 1. The van der Waals surface area contributed by atoms with Gasteiger partial charge in [0, 0.05) is 18.8 Å². The van der Waals surface area contributed by atoms with Crippen molar-refractivity contribution in [3.8, 4) is 0 Å². The molecule has 0 saturated carbocycles. The summed E-state index contributed by atoms with van der Waals surface area (Å²) in [6.07, 6.45) is 4.17. The van der Waals surface area contributed by atoms with E-state index < -0.39 is 8.32 Å². The van der Waals surface area contributed by atoms with Crippen molar-refractivity contribution < 1.29 is 8.82 Å². The van der Waals surface area contributed by atoms with Crippen LogP contribution < -0.4 is 5.43 Å². The Hall–Kier alpha value is -2.05. The van der Waals surface area contributed by atoms with Gasteiger partial charge in [-0.05, 0) is 53.5 Å². The smallest absolute Gasteiger partial charge is 0.192 e. The summed E-state index contributed by atoms with van der Waals surface area (Å²) in [6.45, 7) is 12.4. The normalized spacial score (nSPS) is 12.9. The summed E-state index contributed by atoms with van der Waals surface area (Å²) in [6, 6.07) is 10.3. The summed E-state index contributed by atoms with van der Waals surface area (Å²) in [5.41, 5.74) is 5.97. The fourth-order valence-electron chi connectivity index (χ4n) is 2.26. The minimum absolute atomic E-state index is 0.191. The monoisotopic (exact) mass is 387 g/mol. The van der Waals surface area contributed by atoms with E-state index in [1.165, 1.54) is 12.1 Å². The molecule has 27 heavy (non-hydrogen) atoms. The Balaban J connectivity index is 2.02. The van der Waals surface area contributed by atoms with Crippen molar-refractivity contribution >= 4 is 14.0 Å². The first-order valence-corrected chi connectivity index (χ1v) is 12.2. The standard InChI is InChI=1S/C21H30FN3OSi/c1-21(2,3)27(4,5)26-15-14-24-25-20(16-17-10-12-23-13-11-17)18-6-8-19(22)9-7-18/h6-13,24H,14-16H2,1-5H3/b25-20+. The molecule has 0 aliphatic rings. The molecule has 0 radical (unpaired) electrons. The molecule has 0 amide bonds. The van der Waals surface area contributed by atoms with Gasteiger partial charge < -0.3 is 9.85 Å². The van der Waals surface area contributed by atoms with Crippen molar-refractivity contribution in [2.24, 2.45) is 5.10 Å². The maximum absolute atomic E-state index is 13.3. The van der Waals surface area contributed by atoms with Gasteiger partial charge in [-0.2, -0.15) is 5.10 Å². The molecular formula is C21H30FN3OSi. The van der Waals surface area contributed by atoms with Crippen LogP contribution in [0.2, 0.25) is 18.1 Å². The van der Waals surface area contributed by atoms with Crippen LogP contribution in [0.1, 0.15) is 31.9 Å². The number of hydrogen-bond donors (Lipinski definition) is 1. The van der Waals surface area contributed by atoms with Crippen LogP contribution >= 0.6 is 0 Å². The van der Waals surface area contributed by atoms with Gasteiger partial charge in [-0.15, -0.1) is 0 Å². The molecule has 0 atom stereocenters. The number of nitrogens with zero attached hydrogens (tertiary/aromatic N) is 2. The number of nitrogens with one attached hydrogen (secondary N) is 1. The lowest BCUT2D eigenvalue weighted by molar-refractivity contribution is 0.287. The summed E-state index contributed by atoms with van der Waals surface area (Å²) in [5, 5.41) is 4.75. The van der Waals surface area contributed by atoms with E-state index in [0.29, 0.717) is 19.6 Å². The molecule has 0 bridgehead atoms. The van der Waals surface area contributed by atoms with E-state index in [0.717, 1.165) is 16.8 Å². The quantitative estimate of drug-likeness (QED) is 0.307. The predicted molar refractivity (Wildman–Crippen MR) is 112 cm³/mol. The summed E-state index contributed by atoms with van der Waals surface area (Å²) in [5.74, 6) is -0.252. The van der Waals surface area contributed by atoms with E-state index in [4.69, 9.17) is 4.43 Å². The second-order valence-electron chi connectivity index (χ2n) is 8.11. The van der Waals surface area contributed by atoms with Gasteiger partial charge in [0.1, 0.15) is 5.82 Å². The molecule has 2 rings (SSSR count). The number of hydrogen-bond acceptors (Lipinski definition) is 4. The molecule has 1 aromatic heterocycles. The van der Waals surface area contributed by atoms with Crippen LogP contribution in [0.3, 0.4) is 0 Å². The zero-order chi connectivity index (χ0) is 19.9. The van der Waals surface area contributed by atoms with Gasteiger partial charge in [-0.1, -0.05) is 32.9 Å². The lowest BCUT2D eigenvalue weighted by atomic mass is 10.0. The largest absolute Gasteiger partial charge is 0.415 e. The Morgan fingerprint density at radius 1 is 1.11 bits per heavy atom. The summed E-state index contributed by atoms with van der Waals surface area (Å²) < 4.78 is 19.4. The topological polar surface area (TPSA) is 46.5 Å². The number of aromatic nitrogens is 1. The Bertz CT molecular complexity index is 740. The van der Waals surface area contributed by atoms with Crippen molar-refractivity contribution in [1.82, 2.24) is 10.4 Å². The van der Waals surface area contributed by atoms with E-state index in [2.05, 4.69) is 49.4 Å². The van der Waals surface area contributed by atoms with Crippen molar-refractivity contribution in [2.75, 3.05) is 13.2 Å². The zero-order valence-electron chi connectivity index (χ0n) is 16.9. The summed E-state index contributed by atoms with van der Waals surface area (Å²) in [4.78, 5) is 4.05. The number of halogens is 1. The third-order valence-electron chi connectivity index (χ3n) is 5.00. The average molecular weight is 388 g/mol. The first-order chi connectivity index (χ1) is 12.7. The molecule has 0 spiro atoms. The first kappa shape index (κ1) is 21.2. The summed E-state index contributed by atoms with van der Waals surface area (Å²) >= 11 is 0. The van der Waals surface area contributed by atoms with Crippen LogP contribution in [0.4, 0.5) is 4.39 Å². The predicted octanol–water partition coefficient (Wildman–Crippen LogP) is 4.78. The van der Waals surface area contributed by atoms with Gasteiger partial charge in [-0.3, -0.25) is 4.98 Å². The van der Waals surface area contributed by atoms with Gasteiger partial charge in [-0.25, -0.2) is 4.39 Å². The van der Waals surface area contributed by atoms with Crippen LogP contribution in [-0.2, 0) is 10.8 Å². The molecular weight excluding hydrogens is 357 g/mol. The Labute approximate surface area is 163 Å². The maximum Gasteiger partial charge on any atom is 0.192 e. The second-order valence-corrected chi connectivity index (χ2v) is 12.9. The molecule has 146 valence electrons. The number of benzene rings is 1. The van der Waals surface area contributed by atoms with Crippen molar-refractivity contribution in [3.63, 3.8) is 0 Å². The fraction of sp³-hybridized carbons (Fsp3) is 0.429. The number of rotatable bonds is 8. The molecule has 0 aliphatic carbocycles. The molecule has 1 N–H and O–H groups in total. The van der Waals surface area contributed by atoms with Gasteiger partial charge in [0.05, 0.1) is 18.9 Å². The highest BCUT2D eigenvalue weighted by Crippen LogP contribution is 2.36. The molecule has 1 heterocycles. The first-order valence-electron chi connectivity index (χ1n) is 9.27. The van der Waals surface area contributed by atoms with Gasteiger partial charge in [0.25, 0.3) is 0 Å². The SMILES string of the molecule is CC(C)(C)[Si](C)(C)OCCN/N=C(\Cc1ccncc1)c1ccc(F)cc1. The lowest BCUT2D eigenvalue weighted by Crippen LogP contribution is -2.42. The summed E-state index contributed by atoms with van der Waals surface area (Å²) in [7, 11) is -1.75. The van der Waals surface area contributed by atoms with Crippen LogP contribution in [0.25, 0.3) is 0 Å². The average Bonchev–Trinajstić information content (AvgIpc) is 2.61. The molecule has 4 nitrogen and oxygen atoms in total. The van der Waals surface area contributed by atoms with Crippen LogP contribution in [0.15, 0.2) is 53.9 Å². The third-order valence-corrected chi connectivity index (χ3v) is 9.53. The molecule has 1 aromatic carbocycles. The van der Waals surface area contributed by atoms with Crippen molar-refractivity contribution in [3.05, 3.63) is 65.7 Å². The minimum Gasteiger partial charge on any atom is -0.415 e. The maximum atomic E-state index is 13.3. The van der Waals surface area contributed by atoms with Gasteiger partial charge in [0.15, 0.2) is 8.32 Å². The van der Waals surface area contributed by atoms with E-state index >= 15 is 0 Å². The van der Waals surface area contributed by atoms with Crippen LogP contribution in [0.5, 0.6) is 0 Å².